The molecule has 1 saturated heterocycles. The van der Waals surface area contributed by atoms with Crippen LogP contribution in [0.15, 0.2) is 29.0 Å². The topological polar surface area (TPSA) is 79.5 Å². The van der Waals surface area contributed by atoms with E-state index in [0.717, 1.165) is 12.1 Å². The number of piperazine rings is 1. The lowest BCUT2D eigenvalue weighted by atomic mass is 9.88. The van der Waals surface area contributed by atoms with Crippen molar-refractivity contribution in [3.8, 4) is 0 Å². The van der Waals surface area contributed by atoms with Gasteiger partial charge in [-0.15, -0.1) is 0 Å². The van der Waals surface area contributed by atoms with E-state index in [1.54, 1.807) is 23.2 Å². The van der Waals surface area contributed by atoms with Crippen molar-refractivity contribution in [2.45, 2.75) is 19.8 Å². The second-order valence-corrected chi connectivity index (χ2v) is 6.72. The van der Waals surface area contributed by atoms with Crippen LogP contribution >= 0.6 is 0 Å². The number of hydrogen-bond donors (Lipinski definition) is 0. The highest BCUT2D eigenvalue weighted by molar-refractivity contribution is 5.98. The molecule has 3 heterocycles. The molecule has 1 aliphatic carbocycles. The highest BCUT2D eigenvalue weighted by Crippen LogP contribution is 2.25. The van der Waals surface area contributed by atoms with Crippen LogP contribution in [0, 0.1) is 5.92 Å². The maximum atomic E-state index is 12.3. The van der Waals surface area contributed by atoms with Crippen molar-refractivity contribution >= 4 is 17.6 Å². The van der Waals surface area contributed by atoms with Gasteiger partial charge in [-0.1, -0.05) is 6.92 Å². The standard InChI is InChI=1S/C18H20N4O3/c1-12-9-14-13(15(23)10-12)11-19-18(20-14)22-6-4-21(5-7-22)17(24)16-3-2-8-25-16/h2-3,8,11-12H,4-7,9-10H2,1H3/t12-/m0/s1. The first-order valence-corrected chi connectivity index (χ1v) is 8.58. The molecule has 7 heteroatoms. The Bertz CT molecular complexity index is 795. The van der Waals surface area contributed by atoms with Crippen LogP contribution in [0.2, 0.25) is 0 Å². The molecule has 25 heavy (non-hydrogen) atoms. The molecule has 1 aliphatic heterocycles. The minimum atomic E-state index is -0.0876. The van der Waals surface area contributed by atoms with E-state index >= 15 is 0 Å². The Morgan fingerprint density at radius 1 is 1.24 bits per heavy atom. The normalized spacial score (nSPS) is 20.5. The van der Waals surface area contributed by atoms with Crippen LogP contribution in [-0.4, -0.2) is 52.7 Å². The number of carbonyl (C=O) groups excluding carboxylic acids is 2. The Kier molecular flexibility index (Phi) is 3.99. The summed E-state index contributed by atoms with van der Waals surface area (Å²) in [4.78, 5) is 37.2. The Balaban J connectivity index is 1.45. The summed E-state index contributed by atoms with van der Waals surface area (Å²) in [7, 11) is 0. The van der Waals surface area contributed by atoms with E-state index < -0.39 is 0 Å². The third-order valence-corrected chi connectivity index (χ3v) is 4.81. The van der Waals surface area contributed by atoms with Crippen molar-refractivity contribution in [1.82, 2.24) is 14.9 Å². The summed E-state index contributed by atoms with van der Waals surface area (Å²) >= 11 is 0. The van der Waals surface area contributed by atoms with E-state index in [9.17, 15) is 9.59 Å². The maximum absolute atomic E-state index is 12.3. The van der Waals surface area contributed by atoms with Crippen LogP contribution in [0.25, 0.3) is 0 Å². The van der Waals surface area contributed by atoms with Gasteiger partial charge in [0.05, 0.1) is 17.5 Å². The minimum Gasteiger partial charge on any atom is -0.459 e. The van der Waals surface area contributed by atoms with Gasteiger partial charge >= 0.3 is 0 Å². The zero-order chi connectivity index (χ0) is 17.4. The van der Waals surface area contributed by atoms with Crippen LogP contribution in [0.1, 0.15) is 40.0 Å². The number of Topliss-reactive ketones (excluding diaryl/α,β-unsaturated/α-hetero) is 1. The largest absolute Gasteiger partial charge is 0.459 e. The maximum Gasteiger partial charge on any atom is 0.289 e. The van der Waals surface area contributed by atoms with Gasteiger partial charge in [0.25, 0.3) is 5.91 Å². The van der Waals surface area contributed by atoms with Gasteiger partial charge in [-0.05, 0) is 24.5 Å². The highest BCUT2D eigenvalue weighted by Gasteiger charge is 2.28. The monoisotopic (exact) mass is 340 g/mol. The van der Waals surface area contributed by atoms with Crippen molar-refractivity contribution in [2.75, 3.05) is 31.1 Å². The van der Waals surface area contributed by atoms with E-state index in [1.807, 2.05) is 0 Å². The van der Waals surface area contributed by atoms with Gasteiger partial charge in [0.2, 0.25) is 5.95 Å². The molecule has 0 bridgehead atoms. The first-order chi connectivity index (χ1) is 12.1. The van der Waals surface area contributed by atoms with E-state index in [4.69, 9.17) is 4.42 Å². The van der Waals surface area contributed by atoms with Crippen LogP contribution < -0.4 is 4.90 Å². The fraction of sp³-hybridized carbons (Fsp3) is 0.444. The van der Waals surface area contributed by atoms with Crippen molar-refractivity contribution in [3.05, 3.63) is 41.6 Å². The van der Waals surface area contributed by atoms with E-state index in [2.05, 4.69) is 21.8 Å². The zero-order valence-electron chi connectivity index (χ0n) is 14.1. The second-order valence-electron chi connectivity index (χ2n) is 6.72. The number of nitrogens with zero attached hydrogens (tertiary/aromatic N) is 4. The minimum absolute atomic E-state index is 0.0876. The number of rotatable bonds is 2. The zero-order valence-corrected chi connectivity index (χ0v) is 14.1. The van der Waals surface area contributed by atoms with Crippen LogP contribution in [0.3, 0.4) is 0 Å². The molecule has 130 valence electrons. The molecule has 0 saturated carbocycles. The second kappa shape index (κ2) is 6.31. The van der Waals surface area contributed by atoms with Crippen molar-refractivity contribution in [1.29, 1.82) is 0 Å². The van der Waals surface area contributed by atoms with Gasteiger partial charge in [-0.2, -0.15) is 0 Å². The van der Waals surface area contributed by atoms with Gasteiger partial charge in [-0.3, -0.25) is 9.59 Å². The molecular formula is C18H20N4O3. The summed E-state index contributed by atoms with van der Waals surface area (Å²) in [5.41, 5.74) is 1.51. The number of ketones is 1. The van der Waals surface area contributed by atoms with Gasteiger partial charge in [0.15, 0.2) is 11.5 Å². The summed E-state index contributed by atoms with van der Waals surface area (Å²) in [6.07, 6.45) is 4.55. The summed E-state index contributed by atoms with van der Waals surface area (Å²) in [5, 5.41) is 0. The molecular weight excluding hydrogens is 320 g/mol. The molecule has 7 nitrogen and oxygen atoms in total. The third kappa shape index (κ3) is 3.01. The summed E-state index contributed by atoms with van der Waals surface area (Å²) in [6.45, 7) is 4.58. The van der Waals surface area contributed by atoms with Gasteiger partial charge in [0.1, 0.15) is 0 Å². The van der Waals surface area contributed by atoms with Crippen molar-refractivity contribution in [3.63, 3.8) is 0 Å². The SMILES string of the molecule is C[C@@H]1CC(=O)c2cnc(N3CCN(C(=O)c4ccco4)CC3)nc2C1. The molecule has 2 aromatic rings. The van der Waals surface area contributed by atoms with E-state index in [-0.39, 0.29) is 11.7 Å². The Labute approximate surface area is 145 Å². The first kappa shape index (κ1) is 15.8. The van der Waals surface area contributed by atoms with Gasteiger partial charge < -0.3 is 14.2 Å². The number of amides is 1. The summed E-state index contributed by atoms with van der Waals surface area (Å²) in [5.74, 6) is 1.38. The lowest BCUT2D eigenvalue weighted by molar-refractivity contribution is 0.0713. The molecule has 0 unspecified atom stereocenters. The number of aromatic nitrogens is 2. The van der Waals surface area contributed by atoms with Crippen molar-refractivity contribution in [2.24, 2.45) is 5.92 Å². The summed E-state index contributed by atoms with van der Waals surface area (Å²) < 4.78 is 5.18. The predicted molar refractivity (Wildman–Crippen MR) is 90.7 cm³/mol. The molecule has 4 rings (SSSR count). The van der Waals surface area contributed by atoms with Gasteiger partial charge in [0, 0.05) is 38.8 Å². The Morgan fingerprint density at radius 3 is 2.76 bits per heavy atom. The average molecular weight is 340 g/mol. The Hall–Kier alpha value is -2.70. The van der Waals surface area contributed by atoms with Crippen LogP contribution in [0.4, 0.5) is 5.95 Å². The number of furan rings is 1. The quantitative estimate of drug-likeness (QED) is 0.829. The molecule has 0 aromatic carbocycles. The van der Waals surface area contributed by atoms with Gasteiger partial charge in [-0.25, -0.2) is 9.97 Å². The molecule has 1 fully saturated rings. The molecule has 1 atom stereocenters. The number of carbonyl (C=O) groups is 2. The fourth-order valence-electron chi connectivity index (χ4n) is 3.44. The molecule has 0 spiro atoms. The molecule has 1 amide bonds. The average Bonchev–Trinajstić information content (AvgIpc) is 3.15. The summed E-state index contributed by atoms with van der Waals surface area (Å²) in [6, 6.07) is 3.40. The van der Waals surface area contributed by atoms with E-state index in [1.165, 1.54) is 6.26 Å². The molecule has 2 aromatic heterocycles. The van der Waals surface area contributed by atoms with Crippen molar-refractivity contribution < 1.29 is 14.0 Å². The number of fused-ring (bicyclic) bond motifs is 1. The smallest absolute Gasteiger partial charge is 0.289 e. The molecule has 0 radical (unpaired) electrons. The number of anilines is 1. The predicted octanol–water partition coefficient (Wildman–Crippen LogP) is 1.80. The molecule has 2 aliphatic rings. The first-order valence-electron chi connectivity index (χ1n) is 8.58. The third-order valence-electron chi connectivity index (χ3n) is 4.81. The fourth-order valence-corrected chi connectivity index (χ4v) is 3.44. The lowest BCUT2D eigenvalue weighted by Gasteiger charge is -2.34. The number of hydrogen-bond acceptors (Lipinski definition) is 6. The lowest BCUT2D eigenvalue weighted by Crippen LogP contribution is -2.49. The van der Waals surface area contributed by atoms with Crippen LogP contribution in [0.5, 0.6) is 0 Å². The highest BCUT2D eigenvalue weighted by atomic mass is 16.3. The molecule has 0 N–H and O–H groups in total. The Morgan fingerprint density at radius 2 is 2.04 bits per heavy atom. The van der Waals surface area contributed by atoms with Crippen LogP contribution in [-0.2, 0) is 6.42 Å². The van der Waals surface area contributed by atoms with E-state index in [0.29, 0.717) is 55.8 Å².